The van der Waals surface area contributed by atoms with Crippen molar-refractivity contribution in [3.63, 3.8) is 0 Å². The van der Waals surface area contributed by atoms with Crippen LogP contribution in [0.2, 0.25) is 5.02 Å². The zero-order valence-electron chi connectivity index (χ0n) is 14.4. The summed E-state index contributed by atoms with van der Waals surface area (Å²) in [5, 5.41) is 6.16. The topological polar surface area (TPSA) is 79.9 Å². The van der Waals surface area contributed by atoms with E-state index in [9.17, 15) is 9.59 Å². The van der Waals surface area contributed by atoms with E-state index in [1.807, 2.05) is 12.1 Å². The van der Waals surface area contributed by atoms with E-state index >= 15 is 0 Å². The molecular weight excluding hydrogens is 370 g/mol. The largest absolute Gasteiger partial charge is 0.454 e. The number of rotatable bonds is 4. The molecule has 2 aliphatic rings. The van der Waals surface area contributed by atoms with Crippen LogP contribution in [0.4, 0.5) is 16.2 Å². The van der Waals surface area contributed by atoms with Crippen LogP contribution in [0.15, 0.2) is 42.5 Å². The number of hydrogen-bond acceptors (Lipinski definition) is 4. The van der Waals surface area contributed by atoms with Crippen molar-refractivity contribution in [1.82, 2.24) is 5.32 Å². The van der Waals surface area contributed by atoms with Crippen LogP contribution >= 0.6 is 11.6 Å². The number of hydrogen-bond donors (Lipinski definition) is 2. The summed E-state index contributed by atoms with van der Waals surface area (Å²) in [6, 6.07) is 12.0. The molecule has 0 aromatic heterocycles. The molecule has 7 nitrogen and oxygen atoms in total. The van der Waals surface area contributed by atoms with Gasteiger partial charge in [-0.05, 0) is 36.4 Å². The van der Waals surface area contributed by atoms with Crippen LogP contribution in [-0.2, 0) is 4.79 Å². The Balaban J connectivity index is 1.31. The van der Waals surface area contributed by atoms with E-state index in [-0.39, 0.29) is 24.6 Å². The molecule has 0 radical (unpaired) electrons. The molecule has 0 saturated carbocycles. The molecule has 0 bridgehead atoms. The van der Waals surface area contributed by atoms with Crippen molar-refractivity contribution in [2.24, 2.45) is 5.92 Å². The Morgan fingerprint density at radius 2 is 1.93 bits per heavy atom. The highest BCUT2D eigenvalue weighted by molar-refractivity contribution is 6.30. The zero-order chi connectivity index (χ0) is 18.8. The average molecular weight is 388 g/mol. The molecule has 27 heavy (non-hydrogen) atoms. The van der Waals surface area contributed by atoms with E-state index in [4.69, 9.17) is 21.1 Å². The molecule has 2 aromatic rings. The van der Waals surface area contributed by atoms with Crippen molar-refractivity contribution in [1.29, 1.82) is 0 Å². The third kappa shape index (κ3) is 3.93. The predicted octanol–water partition coefficient (Wildman–Crippen LogP) is 3.24. The van der Waals surface area contributed by atoms with Crippen LogP contribution in [0.5, 0.6) is 11.5 Å². The first-order valence-corrected chi connectivity index (χ1v) is 8.97. The number of anilines is 2. The van der Waals surface area contributed by atoms with E-state index in [1.165, 1.54) is 0 Å². The van der Waals surface area contributed by atoms with Crippen LogP contribution in [0, 0.1) is 5.92 Å². The lowest BCUT2D eigenvalue weighted by Gasteiger charge is -2.17. The fourth-order valence-electron chi connectivity index (χ4n) is 3.17. The monoisotopic (exact) mass is 387 g/mol. The standard InChI is InChI=1S/C19H18ClN3O4/c20-13-1-3-14(4-2-13)22-19(25)21-9-12-7-18(24)23(10-12)15-5-6-16-17(8-15)27-11-26-16/h1-6,8,12H,7,9-11H2,(H2,21,22,25). The SMILES string of the molecule is O=C(NCC1CC(=O)N(c2ccc3c(c2)OCO3)C1)Nc1ccc(Cl)cc1. The lowest BCUT2D eigenvalue weighted by Crippen LogP contribution is -2.34. The summed E-state index contributed by atoms with van der Waals surface area (Å²) in [7, 11) is 0. The number of fused-ring (bicyclic) bond motifs is 1. The van der Waals surface area contributed by atoms with Crippen LogP contribution in [0.1, 0.15) is 6.42 Å². The zero-order valence-corrected chi connectivity index (χ0v) is 15.2. The molecule has 8 heteroatoms. The Bertz CT molecular complexity index is 872. The summed E-state index contributed by atoms with van der Waals surface area (Å²) < 4.78 is 10.7. The normalized spacial score (nSPS) is 17.9. The first-order chi connectivity index (χ1) is 13.1. The summed E-state index contributed by atoms with van der Waals surface area (Å²) in [5.41, 5.74) is 1.43. The van der Waals surface area contributed by atoms with Gasteiger partial charge in [-0.2, -0.15) is 0 Å². The van der Waals surface area contributed by atoms with Gasteiger partial charge in [0, 0.05) is 47.9 Å². The molecule has 1 atom stereocenters. The van der Waals surface area contributed by atoms with E-state index in [2.05, 4.69) is 10.6 Å². The first-order valence-electron chi connectivity index (χ1n) is 8.59. The Kier molecular flexibility index (Phi) is 4.77. The minimum atomic E-state index is -0.314. The van der Waals surface area contributed by atoms with Crippen molar-refractivity contribution in [2.75, 3.05) is 30.1 Å². The third-order valence-corrected chi connectivity index (χ3v) is 4.78. The third-order valence-electron chi connectivity index (χ3n) is 4.53. The fraction of sp³-hybridized carbons (Fsp3) is 0.263. The molecule has 4 rings (SSSR count). The van der Waals surface area contributed by atoms with Crippen molar-refractivity contribution in [3.05, 3.63) is 47.5 Å². The van der Waals surface area contributed by atoms with Gasteiger partial charge >= 0.3 is 6.03 Å². The highest BCUT2D eigenvalue weighted by Crippen LogP contribution is 2.37. The van der Waals surface area contributed by atoms with Crippen LogP contribution < -0.4 is 25.0 Å². The number of carbonyl (C=O) groups excluding carboxylic acids is 2. The number of carbonyl (C=O) groups is 2. The Morgan fingerprint density at radius 3 is 2.74 bits per heavy atom. The van der Waals surface area contributed by atoms with Crippen LogP contribution in [-0.4, -0.2) is 31.8 Å². The van der Waals surface area contributed by atoms with E-state index < -0.39 is 0 Å². The van der Waals surface area contributed by atoms with Gasteiger partial charge in [0.05, 0.1) is 0 Å². The number of ether oxygens (including phenoxy) is 2. The van der Waals surface area contributed by atoms with Crippen molar-refractivity contribution in [2.45, 2.75) is 6.42 Å². The maximum Gasteiger partial charge on any atom is 0.319 e. The second-order valence-corrected chi connectivity index (χ2v) is 6.89. The molecule has 2 heterocycles. The summed E-state index contributed by atoms with van der Waals surface area (Å²) in [6.45, 7) is 1.15. The number of halogens is 1. The number of nitrogens with one attached hydrogen (secondary N) is 2. The number of amides is 3. The van der Waals surface area contributed by atoms with Crippen LogP contribution in [0.25, 0.3) is 0 Å². The number of benzene rings is 2. The van der Waals surface area contributed by atoms with Crippen molar-refractivity contribution in [3.8, 4) is 11.5 Å². The second-order valence-electron chi connectivity index (χ2n) is 6.45. The van der Waals surface area contributed by atoms with Gasteiger partial charge in [0.25, 0.3) is 0 Å². The summed E-state index contributed by atoms with van der Waals surface area (Å²) in [4.78, 5) is 26.1. The maximum atomic E-state index is 12.4. The van der Waals surface area contributed by atoms with Crippen molar-refractivity contribution >= 4 is 34.9 Å². The van der Waals surface area contributed by atoms with Gasteiger partial charge in [0.2, 0.25) is 12.7 Å². The molecule has 0 aliphatic carbocycles. The Labute approximate surface area is 161 Å². The van der Waals surface area contributed by atoms with Gasteiger partial charge < -0.3 is 25.0 Å². The quantitative estimate of drug-likeness (QED) is 0.844. The highest BCUT2D eigenvalue weighted by Gasteiger charge is 2.31. The second kappa shape index (κ2) is 7.36. The van der Waals surface area contributed by atoms with E-state index in [0.717, 1.165) is 5.69 Å². The first kappa shape index (κ1) is 17.5. The predicted molar refractivity (Wildman–Crippen MR) is 101 cm³/mol. The van der Waals surface area contributed by atoms with E-state index in [1.54, 1.807) is 35.2 Å². The molecule has 1 saturated heterocycles. The van der Waals surface area contributed by atoms with Gasteiger partial charge in [-0.15, -0.1) is 0 Å². The lowest BCUT2D eigenvalue weighted by molar-refractivity contribution is -0.117. The molecule has 1 unspecified atom stereocenters. The summed E-state index contributed by atoms with van der Waals surface area (Å²) in [5.74, 6) is 1.39. The molecule has 2 aromatic carbocycles. The van der Waals surface area contributed by atoms with E-state index in [0.29, 0.717) is 41.7 Å². The maximum absolute atomic E-state index is 12.4. The van der Waals surface area contributed by atoms with Crippen molar-refractivity contribution < 1.29 is 19.1 Å². The molecule has 140 valence electrons. The molecule has 0 spiro atoms. The van der Waals surface area contributed by atoms with Crippen LogP contribution in [0.3, 0.4) is 0 Å². The van der Waals surface area contributed by atoms with Gasteiger partial charge in [0.1, 0.15) is 0 Å². The average Bonchev–Trinajstić information content (AvgIpc) is 3.27. The Hall–Kier alpha value is -2.93. The summed E-state index contributed by atoms with van der Waals surface area (Å²) >= 11 is 5.82. The van der Waals surface area contributed by atoms with Gasteiger partial charge in [-0.1, -0.05) is 11.6 Å². The molecular formula is C19H18ClN3O4. The van der Waals surface area contributed by atoms with Gasteiger partial charge in [0.15, 0.2) is 11.5 Å². The molecule has 1 fully saturated rings. The van der Waals surface area contributed by atoms with Gasteiger partial charge in [-0.3, -0.25) is 4.79 Å². The number of urea groups is 1. The minimum Gasteiger partial charge on any atom is -0.454 e. The number of nitrogens with zero attached hydrogens (tertiary/aromatic N) is 1. The van der Waals surface area contributed by atoms with Gasteiger partial charge in [-0.25, -0.2) is 4.79 Å². The Morgan fingerprint density at radius 1 is 1.15 bits per heavy atom. The fourth-order valence-corrected chi connectivity index (χ4v) is 3.29. The minimum absolute atomic E-state index is 0.0266. The molecule has 2 N–H and O–H groups in total. The smallest absolute Gasteiger partial charge is 0.319 e. The molecule has 2 aliphatic heterocycles. The molecule has 3 amide bonds. The summed E-state index contributed by atoms with van der Waals surface area (Å²) in [6.07, 6.45) is 0.385. The highest BCUT2D eigenvalue weighted by atomic mass is 35.5. The lowest BCUT2D eigenvalue weighted by atomic mass is 10.1.